The van der Waals surface area contributed by atoms with Crippen molar-refractivity contribution >= 4 is 0 Å². The Kier molecular flexibility index (Phi) is 6.55. The average molecular weight is 211 g/mol. The summed E-state index contributed by atoms with van der Waals surface area (Å²) in [6.07, 6.45) is 2.94. The van der Waals surface area contributed by atoms with E-state index in [9.17, 15) is 0 Å². The summed E-state index contributed by atoms with van der Waals surface area (Å²) in [5.41, 5.74) is 5.10. The van der Waals surface area contributed by atoms with Crippen LogP contribution in [0.25, 0.3) is 0 Å². The van der Waals surface area contributed by atoms with E-state index in [1.165, 1.54) is 0 Å². The van der Waals surface area contributed by atoms with Gasteiger partial charge in [0.05, 0.1) is 6.07 Å². The minimum absolute atomic E-state index is 0.642. The second kappa shape index (κ2) is 6.81. The first kappa shape index (κ1) is 14.4. The summed E-state index contributed by atoms with van der Waals surface area (Å²) in [7, 11) is 2.14. The molecule has 0 fully saturated rings. The molecule has 2 N–H and O–H groups in total. The normalized spacial score (nSPS) is 15.3. The highest BCUT2D eigenvalue weighted by Crippen LogP contribution is 2.09. The van der Waals surface area contributed by atoms with Crippen LogP contribution in [0.2, 0.25) is 0 Å². The van der Waals surface area contributed by atoms with Crippen LogP contribution in [0.1, 0.15) is 40.0 Å². The van der Waals surface area contributed by atoms with E-state index in [2.05, 4.69) is 31.9 Å². The summed E-state index contributed by atoms with van der Waals surface area (Å²) in [6, 6.07) is 2.13. The number of nitriles is 1. The van der Waals surface area contributed by atoms with Gasteiger partial charge in [-0.1, -0.05) is 13.8 Å². The smallest absolute Gasteiger partial charge is 0.101 e. The average Bonchev–Trinajstić information content (AvgIpc) is 2.11. The second-order valence-electron chi connectivity index (χ2n) is 5.14. The first-order valence-electron chi connectivity index (χ1n) is 5.76. The lowest BCUT2D eigenvalue weighted by Crippen LogP contribution is -2.34. The van der Waals surface area contributed by atoms with E-state index in [-0.39, 0.29) is 0 Å². The maximum Gasteiger partial charge on any atom is 0.101 e. The summed E-state index contributed by atoms with van der Waals surface area (Å²) in [6.45, 7) is 8.48. The number of hydrogen-bond donors (Lipinski definition) is 1. The van der Waals surface area contributed by atoms with Crippen molar-refractivity contribution in [2.45, 2.75) is 45.6 Å². The van der Waals surface area contributed by atoms with Gasteiger partial charge in [0.2, 0.25) is 0 Å². The van der Waals surface area contributed by atoms with Gasteiger partial charge in [-0.05, 0) is 45.7 Å². The fourth-order valence-corrected chi connectivity index (χ4v) is 1.64. The van der Waals surface area contributed by atoms with Crippen LogP contribution < -0.4 is 5.73 Å². The third-order valence-corrected chi connectivity index (χ3v) is 2.42. The highest BCUT2D eigenvalue weighted by molar-refractivity contribution is 5.00. The Labute approximate surface area is 94.2 Å². The van der Waals surface area contributed by atoms with Crippen molar-refractivity contribution in [2.75, 3.05) is 20.1 Å². The molecule has 0 radical (unpaired) electrons. The number of unbranched alkanes of at least 4 members (excludes halogenated alkanes) is 1. The van der Waals surface area contributed by atoms with Crippen molar-refractivity contribution < 1.29 is 0 Å². The van der Waals surface area contributed by atoms with Crippen LogP contribution >= 0.6 is 0 Å². The Morgan fingerprint density at radius 3 is 2.47 bits per heavy atom. The number of hydrogen-bond acceptors (Lipinski definition) is 3. The molecular formula is C12H25N3. The Bertz CT molecular complexity index is 203. The lowest BCUT2D eigenvalue weighted by molar-refractivity contribution is 0.286. The third kappa shape index (κ3) is 8.41. The van der Waals surface area contributed by atoms with Crippen molar-refractivity contribution in [3.8, 4) is 6.07 Å². The van der Waals surface area contributed by atoms with Crippen LogP contribution in [0.3, 0.4) is 0 Å². The van der Waals surface area contributed by atoms with Crippen molar-refractivity contribution in [3.63, 3.8) is 0 Å². The fraction of sp³-hybridized carbons (Fsp3) is 0.917. The summed E-state index contributed by atoms with van der Waals surface area (Å²) in [4.78, 5) is 2.34. The van der Waals surface area contributed by atoms with Gasteiger partial charge in [0.1, 0.15) is 5.54 Å². The largest absolute Gasteiger partial charge is 0.314 e. The summed E-state index contributed by atoms with van der Waals surface area (Å²) >= 11 is 0. The molecule has 0 saturated heterocycles. The van der Waals surface area contributed by atoms with Gasteiger partial charge < -0.3 is 10.6 Å². The van der Waals surface area contributed by atoms with E-state index < -0.39 is 5.54 Å². The SMILES string of the molecule is CC(C)CN(C)CCCCC(C)(N)C#N. The molecule has 0 bridgehead atoms. The van der Waals surface area contributed by atoms with Gasteiger partial charge in [-0.2, -0.15) is 5.26 Å². The van der Waals surface area contributed by atoms with Crippen LogP contribution in [0.4, 0.5) is 0 Å². The molecule has 0 amide bonds. The fourth-order valence-electron chi connectivity index (χ4n) is 1.64. The predicted molar refractivity (Wildman–Crippen MR) is 64.4 cm³/mol. The lowest BCUT2D eigenvalue weighted by Gasteiger charge is -2.20. The zero-order valence-electron chi connectivity index (χ0n) is 10.6. The van der Waals surface area contributed by atoms with E-state index in [0.717, 1.165) is 32.4 Å². The molecule has 0 heterocycles. The van der Waals surface area contributed by atoms with E-state index in [0.29, 0.717) is 5.92 Å². The molecule has 1 unspecified atom stereocenters. The third-order valence-electron chi connectivity index (χ3n) is 2.42. The Morgan fingerprint density at radius 2 is 2.00 bits per heavy atom. The van der Waals surface area contributed by atoms with E-state index in [1.54, 1.807) is 6.92 Å². The second-order valence-corrected chi connectivity index (χ2v) is 5.14. The van der Waals surface area contributed by atoms with Gasteiger partial charge in [-0.3, -0.25) is 0 Å². The molecule has 0 aliphatic rings. The molecule has 0 aromatic rings. The zero-order valence-corrected chi connectivity index (χ0v) is 10.6. The Balaban J connectivity index is 3.51. The highest BCUT2D eigenvalue weighted by Gasteiger charge is 2.15. The molecule has 0 aromatic carbocycles. The summed E-state index contributed by atoms with van der Waals surface area (Å²) in [5.74, 6) is 0.717. The van der Waals surface area contributed by atoms with Crippen molar-refractivity contribution in [3.05, 3.63) is 0 Å². The quantitative estimate of drug-likeness (QED) is 0.655. The van der Waals surface area contributed by atoms with Crippen molar-refractivity contribution in [1.82, 2.24) is 4.90 Å². The first-order chi connectivity index (χ1) is 6.87. The number of rotatable bonds is 7. The van der Waals surface area contributed by atoms with E-state index >= 15 is 0 Å². The lowest BCUT2D eigenvalue weighted by atomic mass is 9.98. The molecule has 0 aliphatic heterocycles. The van der Waals surface area contributed by atoms with Gasteiger partial charge in [0.15, 0.2) is 0 Å². The van der Waals surface area contributed by atoms with Crippen molar-refractivity contribution in [1.29, 1.82) is 5.26 Å². The van der Waals surface area contributed by atoms with Crippen LogP contribution in [-0.2, 0) is 0 Å². The van der Waals surface area contributed by atoms with E-state index in [1.807, 2.05) is 0 Å². The molecule has 1 atom stereocenters. The van der Waals surface area contributed by atoms with Gasteiger partial charge in [-0.15, -0.1) is 0 Å². The molecule has 0 rings (SSSR count). The van der Waals surface area contributed by atoms with Crippen LogP contribution in [0.5, 0.6) is 0 Å². The van der Waals surface area contributed by atoms with E-state index in [4.69, 9.17) is 11.0 Å². The maximum atomic E-state index is 8.74. The Hall–Kier alpha value is -0.590. The molecule has 0 saturated carbocycles. The van der Waals surface area contributed by atoms with Crippen LogP contribution in [-0.4, -0.2) is 30.6 Å². The van der Waals surface area contributed by atoms with Crippen molar-refractivity contribution in [2.24, 2.45) is 11.7 Å². The molecule has 3 heteroatoms. The monoisotopic (exact) mass is 211 g/mol. The number of nitrogens with zero attached hydrogens (tertiary/aromatic N) is 2. The van der Waals surface area contributed by atoms with Gasteiger partial charge in [0, 0.05) is 6.54 Å². The maximum absolute atomic E-state index is 8.74. The molecule has 15 heavy (non-hydrogen) atoms. The molecule has 0 aromatic heterocycles. The van der Waals surface area contributed by atoms with Crippen LogP contribution in [0.15, 0.2) is 0 Å². The summed E-state index contributed by atoms with van der Waals surface area (Å²) in [5, 5.41) is 8.74. The molecule has 3 nitrogen and oxygen atoms in total. The molecular weight excluding hydrogens is 186 g/mol. The molecule has 88 valence electrons. The zero-order chi connectivity index (χ0) is 11.9. The standard InChI is InChI=1S/C12H25N3/c1-11(2)9-15(4)8-6-5-7-12(3,14)10-13/h11H,5-9,14H2,1-4H3. The van der Waals surface area contributed by atoms with Gasteiger partial charge in [0.25, 0.3) is 0 Å². The molecule has 0 aliphatic carbocycles. The minimum atomic E-state index is -0.642. The van der Waals surface area contributed by atoms with Gasteiger partial charge >= 0.3 is 0 Å². The molecule has 0 spiro atoms. The highest BCUT2D eigenvalue weighted by atomic mass is 15.1. The minimum Gasteiger partial charge on any atom is -0.314 e. The Morgan fingerprint density at radius 1 is 1.40 bits per heavy atom. The predicted octanol–water partition coefficient (Wildman–Crippen LogP) is 1.99. The van der Waals surface area contributed by atoms with Gasteiger partial charge in [-0.25, -0.2) is 0 Å². The summed E-state index contributed by atoms with van der Waals surface area (Å²) < 4.78 is 0. The number of nitrogens with two attached hydrogens (primary N) is 1. The first-order valence-corrected chi connectivity index (χ1v) is 5.76. The topological polar surface area (TPSA) is 53.0 Å². The van der Waals surface area contributed by atoms with Crippen LogP contribution in [0, 0.1) is 17.2 Å².